The van der Waals surface area contributed by atoms with Gasteiger partial charge in [0, 0.05) is 19.3 Å². The molecule has 0 amide bonds. The van der Waals surface area contributed by atoms with E-state index in [1.807, 2.05) is 0 Å². The van der Waals surface area contributed by atoms with Crippen LogP contribution in [0.4, 0.5) is 0 Å². The minimum absolute atomic E-state index is 0.0639. The van der Waals surface area contributed by atoms with E-state index in [9.17, 15) is 14.4 Å². The highest BCUT2D eigenvalue weighted by Gasteiger charge is 2.19. The second-order valence-corrected chi connectivity index (χ2v) is 17.2. The molecule has 0 saturated heterocycles. The molecule has 0 aliphatic heterocycles. The molecule has 0 bridgehead atoms. The van der Waals surface area contributed by atoms with Crippen molar-refractivity contribution >= 4 is 17.9 Å². The van der Waals surface area contributed by atoms with Crippen LogP contribution in [0.2, 0.25) is 0 Å². The predicted molar refractivity (Wildman–Crippen MR) is 233 cm³/mol. The molecule has 0 aromatic rings. The molecule has 55 heavy (non-hydrogen) atoms. The molecular formula is C49H94O6. The van der Waals surface area contributed by atoms with Crippen molar-refractivity contribution in [1.82, 2.24) is 0 Å². The summed E-state index contributed by atoms with van der Waals surface area (Å²) in [4.78, 5) is 37.8. The van der Waals surface area contributed by atoms with E-state index >= 15 is 0 Å². The number of carbonyl (C=O) groups excluding carboxylic acids is 3. The molecular weight excluding hydrogens is 685 g/mol. The highest BCUT2D eigenvalue weighted by atomic mass is 16.6. The lowest BCUT2D eigenvalue weighted by Crippen LogP contribution is -2.30. The van der Waals surface area contributed by atoms with Crippen LogP contribution in [0, 0.1) is 5.92 Å². The number of hydrogen-bond donors (Lipinski definition) is 0. The van der Waals surface area contributed by atoms with Gasteiger partial charge < -0.3 is 14.2 Å². The number of rotatable bonds is 44. The van der Waals surface area contributed by atoms with E-state index in [0.717, 1.165) is 63.7 Å². The summed E-state index contributed by atoms with van der Waals surface area (Å²) in [5.74, 6) is -0.0899. The summed E-state index contributed by atoms with van der Waals surface area (Å²) in [5, 5.41) is 0. The maximum Gasteiger partial charge on any atom is 0.306 e. The van der Waals surface area contributed by atoms with Crippen LogP contribution in [0.1, 0.15) is 272 Å². The Morgan fingerprint density at radius 2 is 0.600 bits per heavy atom. The molecule has 6 nitrogen and oxygen atoms in total. The van der Waals surface area contributed by atoms with Crippen molar-refractivity contribution < 1.29 is 28.6 Å². The van der Waals surface area contributed by atoms with Gasteiger partial charge in [-0.05, 0) is 25.2 Å². The van der Waals surface area contributed by atoms with Gasteiger partial charge >= 0.3 is 17.9 Å². The van der Waals surface area contributed by atoms with Crippen LogP contribution in [-0.2, 0) is 28.6 Å². The quantitative estimate of drug-likeness (QED) is 0.0348. The Bertz CT molecular complexity index is 826. The predicted octanol–water partition coefficient (Wildman–Crippen LogP) is 15.5. The number of carbonyl (C=O) groups is 3. The molecule has 0 aliphatic rings. The lowest BCUT2D eigenvalue weighted by Gasteiger charge is -2.18. The van der Waals surface area contributed by atoms with Gasteiger partial charge in [0.25, 0.3) is 0 Å². The van der Waals surface area contributed by atoms with Crippen LogP contribution in [-0.4, -0.2) is 37.2 Å². The van der Waals surface area contributed by atoms with E-state index in [4.69, 9.17) is 14.2 Å². The van der Waals surface area contributed by atoms with E-state index < -0.39 is 6.10 Å². The monoisotopic (exact) mass is 779 g/mol. The van der Waals surface area contributed by atoms with Gasteiger partial charge in [-0.1, -0.05) is 233 Å². The Balaban J connectivity index is 4.28. The van der Waals surface area contributed by atoms with E-state index in [1.54, 1.807) is 0 Å². The van der Waals surface area contributed by atoms with E-state index in [0.29, 0.717) is 19.3 Å². The summed E-state index contributed by atoms with van der Waals surface area (Å²) >= 11 is 0. The van der Waals surface area contributed by atoms with Crippen molar-refractivity contribution in [3.8, 4) is 0 Å². The van der Waals surface area contributed by atoms with Crippen LogP contribution in [0.25, 0.3) is 0 Å². The standard InChI is InChI=1S/C49H94O6/c1-5-7-9-11-13-15-17-19-20-22-23-25-27-32-36-40-47(50)53-43-46(44-54-48(51)41-37-33-30-29-31-35-39-45(3)4)55-49(52)42-38-34-28-26-24-21-18-16-14-12-10-8-6-2/h45-46H,5-44H2,1-4H3/t46-/m1/s1. The van der Waals surface area contributed by atoms with Crippen molar-refractivity contribution in [2.75, 3.05) is 13.2 Å². The van der Waals surface area contributed by atoms with Crippen molar-refractivity contribution in [3.63, 3.8) is 0 Å². The van der Waals surface area contributed by atoms with Crippen LogP contribution in [0.3, 0.4) is 0 Å². The van der Waals surface area contributed by atoms with Gasteiger partial charge in [0.15, 0.2) is 6.10 Å². The summed E-state index contributed by atoms with van der Waals surface area (Å²) in [7, 11) is 0. The van der Waals surface area contributed by atoms with Crippen molar-refractivity contribution in [2.45, 2.75) is 278 Å². The Kier molecular flexibility index (Phi) is 42.3. The fraction of sp³-hybridized carbons (Fsp3) is 0.939. The summed E-state index contributed by atoms with van der Waals surface area (Å²) in [6, 6.07) is 0. The third kappa shape index (κ3) is 43.4. The molecule has 0 saturated carbocycles. The number of ether oxygens (including phenoxy) is 3. The van der Waals surface area contributed by atoms with E-state index in [-0.39, 0.29) is 31.1 Å². The van der Waals surface area contributed by atoms with Crippen molar-refractivity contribution in [3.05, 3.63) is 0 Å². The van der Waals surface area contributed by atoms with Crippen molar-refractivity contribution in [1.29, 1.82) is 0 Å². The van der Waals surface area contributed by atoms with Crippen LogP contribution in [0.15, 0.2) is 0 Å². The van der Waals surface area contributed by atoms with Crippen molar-refractivity contribution in [2.24, 2.45) is 5.92 Å². The average Bonchev–Trinajstić information content (AvgIpc) is 3.17. The third-order valence-corrected chi connectivity index (χ3v) is 11.0. The SMILES string of the molecule is CCCCCCCCCCCCCCCCCC(=O)OC[C@H](COC(=O)CCCCCCCCC(C)C)OC(=O)CCCCCCCCCCCCCCC. The van der Waals surface area contributed by atoms with Crippen LogP contribution >= 0.6 is 0 Å². The topological polar surface area (TPSA) is 78.9 Å². The molecule has 0 N–H and O–H groups in total. The third-order valence-electron chi connectivity index (χ3n) is 11.0. The highest BCUT2D eigenvalue weighted by Crippen LogP contribution is 2.16. The molecule has 0 spiro atoms. The summed E-state index contributed by atoms with van der Waals surface area (Å²) in [6.45, 7) is 8.94. The number of esters is 3. The van der Waals surface area contributed by atoms with Crippen LogP contribution in [0.5, 0.6) is 0 Å². The molecule has 0 aromatic carbocycles. The fourth-order valence-electron chi connectivity index (χ4n) is 7.33. The largest absolute Gasteiger partial charge is 0.462 e. The second kappa shape index (κ2) is 43.5. The summed E-state index contributed by atoms with van der Waals surface area (Å²) < 4.78 is 16.7. The molecule has 0 aliphatic carbocycles. The van der Waals surface area contributed by atoms with Crippen LogP contribution < -0.4 is 0 Å². The van der Waals surface area contributed by atoms with Gasteiger partial charge in [-0.25, -0.2) is 0 Å². The van der Waals surface area contributed by atoms with E-state index in [1.165, 1.54) is 167 Å². The molecule has 0 unspecified atom stereocenters. The first-order chi connectivity index (χ1) is 26.9. The Hall–Kier alpha value is -1.59. The highest BCUT2D eigenvalue weighted by molar-refractivity contribution is 5.71. The molecule has 0 radical (unpaired) electrons. The summed E-state index contributed by atoms with van der Waals surface area (Å²) in [5.41, 5.74) is 0. The first-order valence-electron chi connectivity index (χ1n) is 24.4. The minimum Gasteiger partial charge on any atom is -0.462 e. The molecule has 1 atom stereocenters. The Morgan fingerprint density at radius 1 is 0.345 bits per heavy atom. The molecule has 6 heteroatoms. The minimum atomic E-state index is -0.760. The Labute approximate surface area is 342 Å². The normalized spacial score (nSPS) is 11.9. The summed E-state index contributed by atoms with van der Waals surface area (Å²) in [6.07, 6.45) is 43.8. The molecule has 0 rings (SSSR count). The maximum atomic E-state index is 12.7. The molecule has 0 fully saturated rings. The Morgan fingerprint density at radius 3 is 0.891 bits per heavy atom. The van der Waals surface area contributed by atoms with E-state index in [2.05, 4.69) is 27.7 Å². The molecule has 0 heterocycles. The molecule has 0 aromatic heterocycles. The first kappa shape index (κ1) is 53.4. The zero-order valence-corrected chi connectivity index (χ0v) is 37.4. The first-order valence-corrected chi connectivity index (χ1v) is 24.4. The zero-order chi connectivity index (χ0) is 40.3. The van der Waals surface area contributed by atoms with Gasteiger partial charge in [-0.3, -0.25) is 14.4 Å². The maximum absolute atomic E-state index is 12.7. The van der Waals surface area contributed by atoms with Gasteiger partial charge in [0.2, 0.25) is 0 Å². The number of unbranched alkanes of at least 4 members (excludes halogenated alkanes) is 31. The second-order valence-electron chi connectivity index (χ2n) is 17.2. The van der Waals surface area contributed by atoms with Gasteiger partial charge in [-0.15, -0.1) is 0 Å². The molecule has 326 valence electrons. The van der Waals surface area contributed by atoms with Gasteiger partial charge in [-0.2, -0.15) is 0 Å². The fourth-order valence-corrected chi connectivity index (χ4v) is 7.33. The average molecular weight is 779 g/mol. The van der Waals surface area contributed by atoms with Gasteiger partial charge in [0.1, 0.15) is 13.2 Å². The number of hydrogen-bond acceptors (Lipinski definition) is 6. The lowest BCUT2D eigenvalue weighted by molar-refractivity contribution is -0.167. The van der Waals surface area contributed by atoms with Gasteiger partial charge in [0.05, 0.1) is 0 Å². The smallest absolute Gasteiger partial charge is 0.306 e. The lowest BCUT2D eigenvalue weighted by atomic mass is 10.0. The zero-order valence-electron chi connectivity index (χ0n) is 37.4.